The second-order valence-corrected chi connectivity index (χ2v) is 3.39. The highest BCUT2D eigenvalue weighted by Gasteiger charge is 2.32. The number of carbonyl (C=O) groups excluding carboxylic acids is 2. The summed E-state index contributed by atoms with van der Waals surface area (Å²) in [5, 5.41) is 0. The van der Waals surface area contributed by atoms with E-state index in [-0.39, 0.29) is 6.61 Å². The van der Waals surface area contributed by atoms with Crippen LogP contribution in [0.15, 0.2) is 30.3 Å². The van der Waals surface area contributed by atoms with Crippen molar-refractivity contribution in [1.82, 2.24) is 4.90 Å². The molecule has 0 aromatic heterocycles. The summed E-state index contributed by atoms with van der Waals surface area (Å²) >= 11 is 0. The molecule has 0 aliphatic carbocycles. The van der Waals surface area contributed by atoms with E-state index in [9.17, 15) is 9.59 Å². The van der Waals surface area contributed by atoms with Gasteiger partial charge in [0.05, 0.1) is 0 Å². The van der Waals surface area contributed by atoms with Gasteiger partial charge in [-0.25, -0.2) is 4.79 Å². The van der Waals surface area contributed by atoms with Gasteiger partial charge in [-0.05, 0) is 5.56 Å². The number of carbonyl (C=O) groups is 2. The number of aldehydes is 1. The molecule has 1 aliphatic rings. The minimum absolute atomic E-state index is 0.162. The fourth-order valence-electron chi connectivity index (χ4n) is 1.54. The van der Waals surface area contributed by atoms with Crippen LogP contribution in [0.1, 0.15) is 5.56 Å². The van der Waals surface area contributed by atoms with Crippen LogP contribution in [0.3, 0.4) is 0 Å². The number of ether oxygens (including phenoxy) is 1. The van der Waals surface area contributed by atoms with Crippen LogP contribution in [0.4, 0.5) is 4.79 Å². The number of cyclic esters (lactones) is 1. The lowest BCUT2D eigenvalue weighted by Gasteiger charge is -2.16. The van der Waals surface area contributed by atoms with Gasteiger partial charge in [-0.1, -0.05) is 30.3 Å². The third kappa shape index (κ3) is 1.98. The first kappa shape index (κ1) is 9.71. The maximum Gasteiger partial charge on any atom is 0.410 e. The zero-order valence-corrected chi connectivity index (χ0v) is 8.13. The summed E-state index contributed by atoms with van der Waals surface area (Å²) in [6.45, 7) is 0.582. The van der Waals surface area contributed by atoms with Crippen molar-refractivity contribution in [3.05, 3.63) is 35.9 Å². The predicted octanol–water partition coefficient (Wildman–Crippen LogP) is 1.21. The molecule has 15 heavy (non-hydrogen) atoms. The van der Waals surface area contributed by atoms with E-state index in [4.69, 9.17) is 4.74 Å². The first-order valence-corrected chi connectivity index (χ1v) is 4.74. The van der Waals surface area contributed by atoms with E-state index in [0.717, 1.165) is 11.8 Å². The van der Waals surface area contributed by atoms with Crippen molar-refractivity contribution in [2.75, 3.05) is 6.61 Å². The van der Waals surface area contributed by atoms with Crippen LogP contribution < -0.4 is 0 Å². The van der Waals surface area contributed by atoms with Crippen LogP contribution in [0.25, 0.3) is 0 Å². The molecule has 0 spiro atoms. The van der Waals surface area contributed by atoms with Crippen molar-refractivity contribution in [3.8, 4) is 0 Å². The Bertz CT molecular complexity index is 363. The summed E-state index contributed by atoms with van der Waals surface area (Å²) in [6.07, 6.45) is 0.323. The smallest absolute Gasteiger partial charge is 0.410 e. The highest BCUT2D eigenvalue weighted by molar-refractivity contribution is 5.76. The molecule has 1 aromatic carbocycles. The molecule has 0 N–H and O–H groups in total. The van der Waals surface area contributed by atoms with Gasteiger partial charge in [0.1, 0.15) is 18.9 Å². The minimum Gasteiger partial charge on any atom is -0.447 e. The van der Waals surface area contributed by atoms with Gasteiger partial charge in [0.2, 0.25) is 0 Å². The number of benzene rings is 1. The molecule has 1 atom stereocenters. The highest BCUT2D eigenvalue weighted by Crippen LogP contribution is 2.14. The van der Waals surface area contributed by atoms with E-state index in [2.05, 4.69) is 0 Å². The Morgan fingerprint density at radius 3 is 2.80 bits per heavy atom. The first-order chi connectivity index (χ1) is 7.31. The van der Waals surface area contributed by atoms with Crippen molar-refractivity contribution in [2.45, 2.75) is 12.6 Å². The fraction of sp³-hybridized carbons (Fsp3) is 0.273. The monoisotopic (exact) mass is 205 g/mol. The second kappa shape index (κ2) is 4.13. The molecule has 4 heteroatoms. The van der Waals surface area contributed by atoms with Crippen molar-refractivity contribution < 1.29 is 14.3 Å². The summed E-state index contributed by atoms with van der Waals surface area (Å²) in [4.78, 5) is 23.4. The Balaban J connectivity index is 2.10. The van der Waals surface area contributed by atoms with E-state index in [1.807, 2.05) is 30.3 Å². The lowest BCUT2D eigenvalue weighted by Crippen LogP contribution is -2.33. The van der Waals surface area contributed by atoms with Crippen LogP contribution in [-0.2, 0) is 16.1 Å². The van der Waals surface area contributed by atoms with Crippen molar-refractivity contribution >= 4 is 12.4 Å². The van der Waals surface area contributed by atoms with Crippen molar-refractivity contribution in [2.24, 2.45) is 0 Å². The average molecular weight is 205 g/mol. The second-order valence-electron chi connectivity index (χ2n) is 3.39. The molecule has 1 saturated heterocycles. The third-order valence-electron chi connectivity index (χ3n) is 2.37. The lowest BCUT2D eigenvalue weighted by molar-refractivity contribution is -0.111. The van der Waals surface area contributed by atoms with Crippen LogP contribution >= 0.6 is 0 Å². The molecule has 1 unspecified atom stereocenters. The molecule has 2 rings (SSSR count). The van der Waals surface area contributed by atoms with Gasteiger partial charge in [-0.2, -0.15) is 0 Å². The largest absolute Gasteiger partial charge is 0.447 e. The van der Waals surface area contributed by atoms with E-state index >= 15 is 0 Å². The molecule has 1 fully saturated rings. The van der Waals surface area contributed by atoms with E-state index < -0.39 is 12.1 Å². The molecule has 78 valence electrons. The molecule has 0 saturated carbocycles. The van der Waals surface area contributed by atoms with Crippen molar-refractivity contribution in [1.29, 1.82) is 0 Å². The molecule has 1 aliphatic heterocycles. The number of hydrogen-bond donors (Lipinski definition) is 0. The van der Waals surface area contributed by atoms with E-state index in [1.165, 1.54) is 4.90 Å². The van der Waals surface area contributed by atoms with Gasteiger partial charge in [-0.3, -0.25) is 4.90 Å². The van der Waals surface area contributed by atoms with Gasteiger partial charge in [-0.15, -0.1) is 0 Å². The third-order valence-corrected chi connectivity index (χ3v) is 2.37. The Morgan fingerprint density at radius 1 is 1.40 bits per heavy atom. The van der Waals surface area contributed by atoms with E-state index in [1.54, 1.807) is 0 Å². The lowest BCUT2D eigenvalue weighted by atomic mass is 10.2. The Kier molecular flexibility index (Phi) is 2.67. The van der Waals surface area contributed by atoms with Crippen LogP contribution in [0.5, 0.6) is 0 Å². The predicted molar refractivity (Wildman–Crippen MR) is 53.2 cm³/mol. The molecule has 1 amide bonds. The number of amides is 1. The van der Waals surface area contributed by atoms with E-state index in [0.29, 0.717) is 6.54 Å². The maximum atomic E-state index is 11.3. The zero-order valence-electron chi connectivity index (χ0n) is 8.13. The molecule has 0 bridgehead atoms. The van der Waals surface area contributed by atoms with Gasteiger partial charge in [0.15, 0.2) is 0 Å². The quantitative estimate of drug-likeness (QED) is 0.697. The standard InChI is InChI=1S/C11H11NO3/c13-7-10-8-15-11(14)12(10)6-9-4-2-1-3-5-9/h1-5,7,10H,6,8H2. The maximum absolute atomic E-state index is 11.3. The first-order valence-electron chi connectivity index (χ1n) is 4.74. The number of nitrogens with zero attached hydrogens (tertiary/aromatic N) is 1. The Morgan fingerprint density at radius 2 is 2.13 bits per heavy atom. The average Bonchev–Trinajstić information content (AvgIpc) is 2.62. The summed E-state index contributed by atoms with van der Waals surface area (Å²) in [6, 6.07) is 9.07. The zero-order chi connectivity index (χ0) is 10.7. The highest BCUT2D eigenvalue weighted by atomic mass is 16.6. The molecular formula is C11H11NO3. The van der Waals surface area contributed by atoms with Gasteiger partial charge < -0.3 is 9.53 Å². The van der Waals surface area contributed by atoms with Crippen LogP contribution in [-0.4, -0.2) is 29.9 Å². The summed E-state index contributed by atoms with van der Waals surface area (Å²) in [5.41, 5.74) is 0.989. The molecule has 0 radical (unpaired) electrons. The van der Waals surface area contributed by atoms with Crippen LogP contribution in [0.2, 0.25) is 0 Å². The topological polar surface area (TPSA) is 46.6 Å². The molecule has 1 aromatic rings. The van der Waals surface area contributed by atoms with Crippen molar-refractivity contribution in [3.63, 3.8) is 0 Å². The Hall–Kier alpha value is -1.84. The molecular weight excluding hydrogens is 194 g/mol. The summed E-state index contributed by atoms with van der Waals surface area (Å²) in [7, 11) is 0. The minimum atomic E-state index is -0.447. The Labute approximate surface area is 87.4 Å². The molecule has 4 nitrogen and oxygen atoms in total. The van der Waals surface area contributed by atoms with Gasteiger partial charge in [0.25, 0.3) is 0 Å². The number of hydrogen-bond acceptors (Lipinski definition) is 3. The normalized spacial score (nSPS) is 20.1. The summed E-state index contributed by atoms with van der Waals surface area (Å²) < 4.78 is 4.80. The SMILES string of the molecule is O=CC1COC(=O)N1Cc1ccccc1. The van der Waals surface area contributed by atoms with Gasteiger partial charge in [0, 0.05) is 6.54 Å². The van der Waals surface area contributed by atoms with Gasteiger partial charge >= 0.3 is 6.09 Å². The van der Waals surface area contributed by atoms with Crippen LogP contribution in [0, 0.1) is 0 Å². The fourth-order valence-corrected chi connectivity index (χ4v) is 1.54. The molecule has 1 heterocycles. The number of rotatable bonds is 3. The summed E-state index contributed by atoms with van der Waals surface area (Å²) in [5.74, 6) is 0.